The van der Waals surface area contributed by atoms with Crippen molar-refractivity contribution in [3.63, 3.8) is 0 Å². The third-order valence-electron chi connectivity index (χ3n) is 1.74. The molecular formula is C10H12FNO2. The van der Waals surface area contributed by atoms with Crippen LogP contribution in [0.3, 0.4) is 0 Å². The SMILES string of the molecule is CCC(N)c1ccc(F)cc1.O=C=O. The molecule has 0 aliphatic heterocycles. The lowest BCUT2D eigenvalue weighted by Gasteiger charge is -2.07. The summed E-state index contributed by atoms with van der Waals surface area (Å²) in [5, 5.41) is 0. The Morgan fingerprint density at radius 3 is 2.14 bits per heavy atom. The van der Waals surface area contributed by atoms with E-state index in [1.165, 1.54) is 12.1 Å². The molecule has 0 saturated heterocycles. The van der Waals surface area contributed by atoms with Crippen LogP contribution in [-0.2, 0) is 9.59 Å². The van der Waals surface area contributed by atoms with Crippen LogP contribution in [0.1, 0.15) is 24.9 Å². The van der Waals surface area contributed by atoms with Gasteiger partial charge in [0.15, 0.2) is 0 Å². The highest BCUT2D eigenvalue weighted by atomic mass is 19.1. The second-order valence-corrected chi connectivity index (χ2v) is 2.65. The van der Waals surface area contributed by atoms with Gasteiger partial charge in [0, 0.05) is 6.04 Å². The van der Waals surface area contributed by atoms with E-state index in [-0.39, 0.29) is 18.0 Å². The smallest absolute Gasteiger partial charge is 0.324 e. The highest BCUT2D eigenvalue weighted by Gasteiger charge is 2.01. The lowest BCUT2D eigenvalue weighted by Crippen LogP contribution is -2.08. The van der Waals surface area contributed by atoms with Crippen molar-refractivity contribution in [2.75, 3.05) is 0 Å². The van der Waals surface area contributed by atoms with E-state index in [1.54, 1.807) is 12.1 Å². The van der Waals surface area contributed by atoms with Crippen LogP contribution in [0.5, 0.6) is 0 Å². The summed E-state index contributed by atoms with van der Waals surface area (Å²) in [6.07, 6.45) is 1.13. The van der Waals surface area contributed by atoms with Crippen molar-refractivity contribution >= 4 is 6.15 Å². The van der Waals surface area contributed by atoms with E-state index in [4.69, 9.17) is 15.3 Å². The number of rotatable bonds is 2. The number of hydrogen-bond acceptors (Lipinski definition) is 3. The minimum Gasteiger partial charge on any atom is -0.324 e. The Hall–Kier alpha value is -1.51. The molecule has 0 bridgehead atoms. The molecule has 1 rings (SSSR count). The minimum atomic E-state index is -0.211. The zero-order valence-corrected chi connectivity index (χ0v) is 7.87. The zero-order chi connectivity index (χ0) is 11.0. The van der Waals surface area contributed by atoms with Gasteiger partial charge >= 0.3 is 6.15 Å². The molecule has 0 spiro atoms. The summed E-state index contributed by atoms with van der Waals surface area (Å²) in [7, 11) is 0. The molecule has 1 aromatic carbocycles. The van der Waals surface area contributed by atoms with Gasteiger partial charge in [-0.05, 0) is 24.1 Å². The molecule has 0 aliphatic rings. The molecule has 0 aliphatic carbocycles. The molecule has 1 aromatic rings. The summed E-state index contributed by atoms with van der Waals surface area (Å²) in [6.45, 7) is 2.01. The van der Waals surface area contributed by atoms with Crippen molar-refractivity contribution in [1.82, 2.24) is 0 Å². The molecule has 0 saturated carbocycles. The monoisotopic (exact) mass is 197 g/mol. The molecule has 3 nitrogen and oxygen atoms in total. The molecule has 2 N–H and O–H groups in total. The lowest BCUT2D eigenvalue weighted by molar-refractivity contribution is -0.191. The van der Waals surface area contributed by atoms with Crippen molar-refractivity contribution in [3.8, 4) is 0 Å². The Balaban J connectivity index is 0.000000500. The Labute approximate surface area is 81.7 Å². The molecule has 1 atom stereocenters. The molecule has 76 valence electrons. The van der Waals surface area contributed by atoms with Gasteiger partial charge in [0.05, 0.1) is 0 Å². The van der Waals surface area contributed by atoms with Gasteiger partial charge in [0.1, 0.15) is 5.82 Å². The van der Waals surface area contributed by atoms with Crippen molar-refractivity contribution in [1.29, 1.82) is 0 Å². The molecular weight excluding hydrogens is 185 g/mol. The molecule has 0 amide bonds. The van der Waals surface area contributed by atoms with Crippen LogP contribution in [0, 0.1) is 5.82 Å². The van der Waals surface area contributed by atoms with Gasteiger partial charge < -0.3 is 5.73 Å². The topological polar surface area (TPSA) is 60.2 Å². The molecule has 14 heavy (non-hydrogen) atoms. The van der Waals surface area contributed by atoms with Crippen LogP contribution < -0.4 is 5.73 Å². The summed E-state index contributed by atoms with van der Waals surface area (Å²) in [5.41, 5.74) is 6.72. The van der Waals surface area contributed by atoms with E-state index < -0.39 is 0 Å². The first-order chi connectivity index (χ1) is 6.65. The average molecular weight is 197 g/mol. The van der Waals surface area contributed by atoms with Crippen LogP contribution >= 0.6 is 0 Å². The maximum atomic E-state index is 12.4. The summed E-state index contributed by atoms with van der Waals surface area (Å²) in [6, 6.07) is 6.36. The Morgan fingerprint density at radius 2 is 1.79 bits per heavy atom. The maximum Gasteiger partial charge on any atom is 0.373 e. The molecule has 0 fully saturated rings. The maximum absolute atomic E-state index is 12.4. The standard InChI is InChI=1S/C9H12FN.CO2/c1-2-9(11)7-3-5-8(10)6-4-7;2-1-3/h3-6,9H,2,11H2,1H3;. The Bertz CT molecular complexity index is 291. The minimum absolute atomic E-state index is 0.0376. The Morgan fingerprint density at radius 1 is 1.36 bits per heavy atom. The number of carbonyl (C=O) groups excluding carboxylic acids is 2. The van der Waals surface area contributed by atoms with Gasteiger partial charge in [0.2, 0.25) is 0 Å². The third kappa shape index (κ3) is 4.50. The van der Waals surface area contributed by atoms with E-state index in [1.807, 2.05) is 6.92 Å². The van der Waals surface area contributed by atoms with E-state index in [0.717, 1.165) is 12.0 Å². The number of benzene rings is 1. The second-order valence-electron chi connectivity index (χ2n) is 2.65. The fourth-order valence-corrected chi connectivity index (χ4v) is 0.946. The predicted octanol–water partition coefficient (Wildman–Crippen LogP) is 1.65. The first-order valence-corrected chi connectivity index (χ1v) is 4.16. The van der Waals surface area contributed by atoms with Crippen molar-refractivity contribution < 1.29 is 14.0 Å². The van der Waals surface area contributed by atoms with E-state index in [9.17, 15) is 4.39 Å². The van der Waals surface area contributed by atoms with Crippen LogP contribution in [0.2, 0.25) is 0 Å². The van der Waals surface area contributed by atoms with Crippen molar-refractivity contribution in [3.05, 3.63) is 35.6 Å². The summed E-state index contributed by atoms with van der Waals surface area (Å²) < 4.78 is 12.4. The second kappa shape index (κ2) is 6.95. The highest BCUT2D eigenvalue weighted by Crippen LogP contribution is 2.13. The summed E-state index contributed by atoms with van der Waals surface area (Å²) >= 11 is 0. The van der Waals surface area contributed by atoms with Gasteiger partial charge in [0.25, 0.3) is 0 Å². The number of halogens is 1. The first kappa shape index (κ1) is 12.5. The lowest BCUT2D eigenvalue weighted by atomic mass is 10.1. The highest BCUT2D eigenvalue weighted by molar-refractivity contribution is 5.20. The predicted molar refractivity (Wildman–Crippen MR) is 48.6 cm³/mol. The molecule has 0 aromatic heterocycles. The van der Waals surface area contributed by atoms with Gasteiger partial charge in [-0.2, -0.15) is 9.59 Å². The third-order valence-corrected chi connectivity index (χ3v) is 1.74. The van der Waals surface area contributed by atoms with Gasteiger partial charge in [-0.3, -0.25) is 0 Å². The number of hydrogen-bond donors (Lipinski definition) is 1. The summed E-state index contributed by atoms with van der Waals surface area (Å²) in [5.74, 6) is -0.211. The van der Waals surface area contributed by atoms with E-state index in [0.29, 0.717) is 0 Å². The summed E-state index contributed by atoms with van der Waals surface area (Å²) in [4.78, 5) is 16.2. The van der Waals surface area contributed by atoms with Crippen LogP contribution in [0.25, 0.3) is 0 Å². The molecule has 4 heteroatoms. The molecule has 0 heterocycles. The molecule has 1 unspecified atom stereocenters. The van der Waals surface area contributed by atoms with Crippen molar-refractivity contribution in [2.24, 2.45) is 5.73 Å². The van der Waals surface area contributed by atoms with E-state index >= 15 is 0 Å². The largest absolute Gasteiger partial charge is 0.373 e. The fraction of sp³-hybridized carbons (Fsp3) is 0.300. The fourth-order valence-electron chi connectivity index (χ4n) is 0.946. The van der Waals surface area contributed by atoms with Crippen LogP contribution in [-0.4, -0.2) is 6.15 Å². The molecule has 0 radical (unpaired) electrons. The quantitative estimate of drug-likeness (QED) is 0.784. The van der Waals surface area contributed by atoms with Crippen LogP contribution in [0.15, 0.2) is 24.3 Å². The van der Waals surface area contributed by atoms with Crippen molar-refractivity contribution in [2.45, 2.75) is 19.4 Å². The Kier molecular flexibility index (Phi) is 6.20. The average Bonchev–Trinajstić information content (AvgIpc) is 2.19. The van der Waals surface area contributed by atoms with Gasteiger partial charge in [-0.1, -0.05) is 19.1 Å². The van der Waals surface area contributed by atoms with Gasteiger partial charge in [-0.15, -0.1) is 0 Å². The van der Waals surface area contributed by atoms with Gasteiger partial charge in [-0.25, -0.2) is 4.39 Å². The zero-order valence-electron chi connectivity index (χ0n) is 7.87. The first-order valence-electron chi connectivity index (χ1n) is 4.16. The number of nitrogens with two attached hydrogens (primary N) is 1. The normalized spacial score (nSPS) is 10.8. The van der Waals surface area contributed by atoms with Crippen LogP contribution in [0.4, 0.5) is 4.39 Å². The van der Waals surface area contributed by atoms with E-state index in [2.05, 4.69) is 0 Å².